The first-order valence-electron chi connectivity index (χ1n) is 4.97. The van der Waals surface area contributed by atoms with Crippen molar-refractivity contribution in [1.29, 1.82) is 0 Å². The van der Waals surface area contributed by atoms with Crippen molar-refractivity contribution in [2.75, 3.05) is 7.11 Å². The lowest BCUT2D eigenvalue weighted by Gasteiger charge is -2.38. The first-order valence-corrected chi connectivity index (χ1v) is 4.97. The van der Waals surface area contributed by atoms with E-state index >= 15 is 0 Å². The zero-order valence-corrected chi connectivity index (χ0v) is 8.38. The molecule has 1 aliphatic rings. The Kier molecular flexibility index (Phi) is 2.32. The maximum atomic E-state index is 11.6. The van der Waals surface area contributed by atoms with E-state index in [2.05, 4.69) is 4.98 Å². The number of esters is 1. The normalized spacial score (nSPS) is 18.6. The number of nitrogens with one attached hydrogen (secondary N) is 1. The zero-order chi connectivity index (χ0) is 10.0. The third kappa shape index (κ3) is 1.43. The fourth-order valence-electron chi connectivity index (χ4n) is 2.13. The van der Waals surface area contributed by atoms with E-state index in [1.807, 2.05) is 18.5 Å². The van der Waals surface area contributed by atoms with Crippen molar-refractivity contribution in [3.8, 4) is 0 Å². The molecule has 1 N–H and O–H groups in total. The molecule has 1 fully saturated rings. The molecule has 1 heterocycles. The van der Waals surface area contributed by atoms with E-state index in [0.717, 1.165) is 25.7 Å². The third-order valence-corrected chi connectivity index (χ3v) is 3.13. The zero-order valence-electron chi connectivity index (χ0n) is 8.38. The van der Waals surface area contributed by atoms with Crippen LogP contribution < -0.4 is 0 Å². The van der Waals surface area contributed by atoms with E-state index < -0.39 is 0 Å². The van der Waals surface area contributed by atoms with Crippen LogP contribution in [0.2, 0.25) is 0 Å². The quantitative estimate of drug-likeness (QED) is 0.745. The highest BCUT2D eigenvalue weighted by molar-refractivity contribution is 5.78. The maximum Gasteiger partial charge on any atom is 0.312 e. The molecular formula is C11H15NO2. The van der Waals surface area contributed by atoms with Gasteiger partial charge in [-0.15, -0.1) is 0 Å². The summed E-state index contributed by atoms with van der Waals surface area (Å²) in [7, 11) is 1.47. The van der Waals surface area contributed by atoms with Crippen LogP contribution in [0.4, 0.5) is 0 Å². The summed E-state index contributed by atoms with van der Waals surface area (Å²) in [6, 6.07) is 2.02. The first kappa shape index (κ1) is 9.31. The molecule has 14 heavy (non-hydrogen) atoms. The van der Waals surface area contributed by atoms with E-state index in [0.29, 0.717) is 0 Å². The van der Waals surface area contributed by atoms with Crippen LogP contribution in [0.25, 0.3) is 0 Å². The fourth-order valence-corrected chi connectivity index (χ4v) is 2.13. The minimum Gasteiger partial charge on any atom is -0.469 e. The Morgan fingerprint density at radius 1 is 1.64 bits per heavy atom. The summed E-state index contributed by atoms with van der Waals surface area (Å²) in [5.74, 6) is -0.0510. The van der Waals surface area contributed by atoms with Gasteiger partial charge >= 0.3 is 5.97 Å². The SMILES string of the molecule is COC(=O)C1(Cc2cc[nH]c2)CCC1. The van der Waals surface area contributed by atoms with E-state index in [4.69, 9.17) is 4.74 Å². The molecule has 1 aliphatic carbocycles. The molecule has 0 amide bonds. The number of ether oxygens (including phenoxy) is 1. The van der Waals surface area contributed by atoms with Crippen LogP contribution >= 0.6 is 0 Å². The summed E-state index contributed by atoms with van der Waals surface area (Å²) in [6.45, 7) is 0. The van der Waals surface area contributed by atoms with Gasteiger partial charge in [0.05, 0.1) is 12.5 Å². The Bertz CT molecular complexity index is 312. The average molecular weight is 193 g/mol. The number of rotatable bonds is 3. The summed E-state index contributed by atoms with van der Waals surface area (Å²) in [4.78, 5) is 14.6. The molecule has 2 rings (SSSR count). The summed E-state index contributed by atoms with van der Waals surface area (Å²) in [5.41, 5.74) is 0.965. The van der Waals surface area contributed by atoms with Gasteiger partial charge in [-0.1, -0.05) is 6.42 Å². The van der Waals surface area contributed by atoms with Crippen LogP contribution in [0.5, 0.6) is 0 Å². The second-order valence-corrected chi connectivity index (χ2v) is 4.02. The van der Waals surface area contributed by atoms with Crippen molar-refractivity contribution in [3.63, 3.8) is 0 Å². The van der Waals surface area contributed by atoms with Crippen molar-refractivity contribution in [2.24, 2.45) is 5.41 Å². The van der Waals surface area contributed by atoms with Gasteiger partial charge < -0.3 is 9.72 Å². The first-order chi connectivity index (χ1) is 6.77. The van der Waals surface area contributed by atoms with Gasteiger partial charge in [-0.05, 0) is 30.9 Å². The Morgan fingerprint density at radius 2 is 2.43 bits per heavy atom. The van der Waals surface area contributed by atoms with Gasteiger partial charge in [-0.2, -0.15) is 0 Å². The molecule has 1 saturated carbocycles. The van der Waals surface area contributed by atoms with Gasteiger partial charge in [0.15, 0.2) is 0 Å². The summed E-state index contributed by atoms with van der Waals surface area (Å²) < 4.78 is 4.86. The Balaban J connectivity index is 2.10. The molecule has 0 aromatic carbocycles. The van der Waals surface area contributed by atoms with Crippen LogP contribution in [0.3, 0.4) is 0 Å². The standard InChI is InChI=1S/C11H15NO2/c1-14-10(13)11(4-2-5-11)7-9-3-6-12-8-9/h3,6,8,12H,2,4-5,7H2,1H3. The van der Waals surface area contributed by atoms with Gasteiger partial charge in [-0.25, -0.2) is 0 Å². The molecule has 0 spiro atoms. The van der Waals surface area contributed by atoms with Gasteiger partial charge in [0, 0.05) is 12.4 Å². The smallest absolute Gasteiger partial charge is 0.312 e. The highest BCUT2D eigenvalue weighted by atomic mass is 16.5. The molecule has 1 aromatic heterocycles. The van der Waals surface area contributed by atoms with Crippen LogP contribution in [-0.4, -0.2) is 18.1 Å². The molecule has 1 aromatic rings. The monoisotopic (exact) mass is 193 g/mol. The molecule has 0 radical (unpaired) electrons. The lowest BCUT2D eigenvalue weighted by Crippen LogP contribution is -2.40. The molecule has 3 nitrogen and oxygen atoms in total. The van der Waals surface area contributed by atoms with Crippen molar-refractivity contribution < 1.29 is 9.53 Å². The molecule has 3 heteroatoms. The fraction of sp³-hybridized carbons (Fsp3) is 0.545. The lowest BCUT2D eigenvalue weighted by molar-refractivity contribution is -0.158. The van der Waals surface area contributed by atoms with Crippen molar-refractivity contribution >= 4 is 5.97 Å². The van der Waals surface area contributed by atoms with Crippen LogP contribution in [0.15, 0.2) is 18.5 Å². The minimum absolute atomic E-state index is 0.0510. The van der Waals surface area contributed by atoms with Gasteiger partial charge in [0.1, 0.15) is 0 Å². The number of H-pyrrole nitrogens is 1. The Labute approximate surface area is 83.5 Å². The molecule has 0 atom stereocenters. The van der Waals surface area contributed by atoms with Gasteiger partial charge in [0.2, 0.25) is 0 Å². The van der Waals surface area contributed by atoms with Crippen LogP contribution in [0.1, 0.15) is 24.8 Å². The molecular weight excluding hydrogens is 178 g/mol. The molecule has 0 bridgehead atoms. The number of carbonyl (C=O) groups is 1. The second-order valence-electron chi connectivity index (χ2n) is 4.02. The maximum absolute atomic E-state index is 11.6. The Hall–Kier alpha value is -1.25. The number of aromatic amines is 1. The van der Waals surface area contributed by atoms with E-state index in [1.54, 1.807) is 0 Å². The largest absolute Gasteiger partial charge is 0.469 e. The topological polar surface area (TPSA) is 42.1 Å². The number of methoxy groups -OCH3 is 1. The molecule has 0 unspecified atom stereocenters. The Morgan fingerprint density at radius 3 is 2.86 bits per heavy atom. The highest BCUT2D eigenvalue weighted by Gasteiger charge is 2.45. The van der Waals surface area contributed by atoms with E-state index in [-0.39, 0.29) is 11.4 Å². The number of hydrogen-bond donors (Lipinski definition) is 1. The van der Waals surface area contributed by atoms with Crippen molar-refractivity contribution in [3.05, 3.63) is 24.0 Å². The summed E-state index contributed by atoms with van der Waals surface area (Å²) in [6.07, 6.45) is 7.71. The average Bonchev–Trinajstić information content (AvgIpc) is 2.62. The number of aromatic nitrogens is 1. The van der Waals surface area contributed by atoms with E-state index in [9.17, 15) is 4.79 Å². The highest BCUT2D eigenvalue weighted by Crippen LogP contribution is 2.44. The van der Waals surface area contributed by atoms with Crippen LogP contribution in [-0.2, 0) is 16.0 Å². The van der Waals surface area contributed by atoms with Gasteiger partial charge in [-0.3, -0.25) is 4.79 Å². The third-order valence-electron chi connectivity index (χ3n) is 3.13. The minimum atomic E-state index is -0.225. The lowest BCUT2D eigenvalue weighted by atomic mass is 9.65. The molecule has 76 valence electrons. The number of carbonyl (C=O) groups excluding carboxylic acids is 1. The van der Waals surface area contributed by atoms with Gasteiger partial charge in [0.25, 0.3) is 0 Å². The second kappa shape index (κ2) is 3.48. The van der Waals surface area contributed by atoms with Crippen molar-refractivity contribution in [2.45, 2.75) is 25.7 Å². The van der Waals surface area contributed by atoms with Crippen LogP contribution in [0, 0.1) is 5.41 Å². The molecule has 0 saturated heterocycles. The van der Waals surface area contributed by atoms with Crippen molar-refractivity contribution in [1.82, 2.24) is 4.98 Å². The molecule has 0 aliphatic heterocycles. The summed E-state index contributed by atoms with van der Waals surface area (Å²) in [5, 5.41) is 0. The predicted octanol–water partition coefficient (Wildman–Crippen LogP) is 1.90. The number of hydrogen-bond acceptors (Lipinski definition) is 2. The van der Waals surface area contributed by atoms with E-state index in [1.165, 1.54) is 12.7 Å². The predicted molar refractivity (Wildman–Crippen MR) is 52.8 cm³/mol. The summed E-state index contributed by atoms with van der Waals surface area (Å²) >= 11 is 0.